The van der Waals surface area contributed by atoms with Crippen LogP contribution in [0.1, 0.15) is 28.4 Å². The minimum Gasteiger partial charge on any atom is -0.497 e. The van der Waals surface area contributed by atoms with Gasteiger partial charge in [0.1, 0.15) is 17.2 Å². The summed E-state index contributed by atoms with van der Waals surface area (Å²) in [6.45, 7) is 3.76. The van der Waals surface area contributed by atoms with Gasteiger partial charge in [-0.1, -0.05) is 42.5 Å². The van der Waals surface area contributed by atoms with E-state index in [1.165, 1.54) is 18.9 Å². The fourth-order valence-corrected chi connectivity index (χ4v) is 5.01. The number of carbonyl (C=O) groups excluding carboxylic acids is 3. The van der Waals surface area contributed by atoms with E-state index >= 15 is 0 Å². The van der Waals surface area contributed by atoms with Gasteiger partial charge in [0.25, 0.3) is 11.8 Å². The fourth-order valence-electron chi connectivity index (χ4n) is 4.09. The van der Waals surface area contributed by atoms with E-state index in [1.807, 2.05) is 44.2 Å². The van der Waals surface area contributed by atoms with Crippen molar-refractivity contribution in [3.05, 3.63) is 119 Å². The third-order valence-corrected chi connectivity index (χ3v) is 7.54. The van der Waals surface area contributed by atoms with E-state index in [4.69, 9.17) is 9.47 Å². The van der Waals surface area contributed by atoms with Gasteiger partial charge in [-0.3, -0.25) is 14.4 Å². The lowest BCUT2D eigenvalue weighted by Gasteiger charge is -2.15. The Kier molecular flexibility index (Phi) is 10.6. The Hall–Kier alpha value is -5.02. The van der Waals surface area contributed by atoms with E-state index < -0.39 is 17.1 Å². The van der Waals surface area contributed by atoms with Crippen molar-refractivity contribution in [3.8, 4) is 11.5 Å². The maximum atomic E-state index is 13.6. The molecule has 0 aromatic heterocycles. The number of aryl methyl sites for hydroxylation is 1. The molecule has 0 spiro atoms. The summed E-state index contributed by atoms with van der Waals surface area (Å²) < 4.78 is 10.8. The standard InChI is InChI=1S/C34H33N3O5S/c1-22-11-8-9-16-29(22)36-32(38)23(2)43-28-15-10-14-26(20-28)35-34(40)30(37-33(39)24-12-6-5-7-13-24)19-25-17-18-27(41-3)21-31(25)42-4/h5-21,23H,1-4H3,(H,35,40)(H,36,38)(H,37,39)/b30-19+. The van der Waals surface area contributed by atoms with Gasteiger partial charge in [0.2, 0.25) is 5.91 Å². The number of ether oxygens (including phenoxy) is 2. The number of carbonyl (C=O) groups is 3. The van der Waals surface area contributed by atoms with E-state index in [2.05, 4.69) is 16.0 Å². The monoisotopic (exact) mass is 595 g/mol. The molecule has 8 nitrogen and oxygen atoms in total. The average Bonchev–Trinajstić information content (AvgIpc) is 3.02. The van der Waals surface area contributed by atoms with Crippen LogP contribution in [-0.2, 0) is 9.59 Å². The van der Waals surface area contributed by atoms with E-state index in [1.54, 1.807) is 79.9 Å². The van der Waals surface area contributed by atoms with Gasteiger partial charge in [-0.2, -0.15) is 0 Å². The third-order valence-electron chi connectivity index (χ3n) is 6.45. The molecule has 0 bridgehead atoms. The zero-order valence-electron chi connectivity index (χ0n) is 24.3. The second-order valence-corrected chi connectivity index (χ2v) is 10.9. The van der Waals surface area contributed by atoms with E-state index in [0.717, 1.165) is 16.1 Å². The van der Waals surface area contributed by atoms with Gasteiger partial charge in [0, 0.05) is 33.5 Å². The van der Waals surface area contributed by atoms with Crippen molar-refractivity contribution >= 4 is 46.9 Å². The molecule has 0 heterocycles. The second kappa shape index (κ2) is 14.7. The van der Waals surface area contributed by atoms with Gasteiger partial charge >= 0.3 is 0 Å². The van der Waals surface area contributed by atoms with E-state index in [0.29, 0.717) is 28.3 Å². The van der Waals surface area contributed by atoms with E-state index in [9.17, 15) is 14.4 Å². The maximum absolute atomic E-state index is 13.6. The zero-order valence-corrected chi connectivity index (χ0v) is 25.2. The first-order valence-corrected chi connectivity index (χ1v) is 14.4. The third kappa shape index (κ3) is 8.50. The number of nitrogens with one attached hydrogen (secondary N) is 3. The molecule has 1 unspecified atom stereocenters. The fraction of sp³-hybridized carbons (Fsp3) is 0.147. The van der Waals surface area contributed by atoms with Gasteiger partial charge in [0.15, 0.2) is 0 Å². The molecule has 3 amide bonds. The molecule has 0 saturated carbocycles. The second-order valence-electron chi connectivity index (χ2n) is 9.53. The van der Waals surface area contributed by atoms with Crippen molar-refractivity contribution in [1.29, 1.82) is 0 Å². The van der Waals surface area contributed by atoms with Crippen molar-refractivity contribution in [2.45, 2.75) is 24.0 Å². The highest BCUT2D eigenvalue weighted by Crippen LogP contribution is 2.29. The van der Waals surface area contributed by atoms with Crippen LogP contribution in [-0.4, -0.2) is 37.2 Å². The summed E-state index contributed by atoms with van der Waals surface area (Å²) in [5, 5.41) is 8.18. The average molecular weight is 596 g/mol. The highest BCUT2D eigenvalue weighted by atomic mass is 32.2. The Morgan fingerprint density at radius 2 is 1.56 bits per heavy atom. The van der Waals surface area contributed by atoms with Crippen molar-refractivity contribution in [2.24, 2.45) is 0 Å². The molecule has 0 saturated heterocycles. The first kappa shape index (κ1) is 30.9. The highest BCUT2D eigenvalue weighted by Gasteiger charge is 2.18. The topological polar surface area (TPSA) is 106 Å². The molecular formula is C34H33N3O5S. The number of hydrogen-bond acceptors (Lipinski definition) is 6. The van der Waals surface area contributed by atoms with Gasteiger partial charge in [-0.25, -0.2) is 0 Å². The lowest BCUT2D eigenvalue weighted by atomic mass is 10.1. The van der Waals surface area contributed by atoms with Crippen LogP contribution in [0.2, 0.25) is 0 Å². The van der Waals surface area contributed by atoms with Crippen LogP contribution in [0.4, 0.5) is 11.4 Å². The molecule has 1 atom stereocenters. The van der Waals surface area contributed by atoms with Crippen molar-refractivity contribution < 1.29 is 23.9 Å². The largest absolute Gasteiger partial charge is 0.497 e. The molecule has 4 rings (SSSR count). The van der Waals surface area contributed by atoms with Crippen LogP contribution in [0.3, 0.4) is 0 Å². The van der Waals surface area contributed by atoms with Gasteiger partial charge in [0.05, 0.1) is 19.5 Å². The Bertz CT molecular complexity index is 1640. The first-order valence-electron chi connectivity index (χ1n) is 13.5. The van der Waals surface area contributed by atoms with Gasteiger partial charge in [-0.15, -0.1) is 11.8 Å². The lowest BCUT2D eigenvalue weighted by Crippen LogP contribution is -2.30. The number of thioether (sulfide) groups is 1. The Balaban J connectivity index is 1.54. The molecule has 0 aliphatic carbocycles. The molecule has 3 N–H and O–H groups in total. The lowest BCUT2D eigenvalue weighted by molar-refractivity contribution is -0.115. The zero-order chi connectivity index (χ0) is 30.8. The normalized spacial score (nSPS) is 11.7. The number of benzene rings is 4. The van der Waals surface area contributed by atoms with E-state index in [-0.39, 0.29) is 11.6 Å². The van der Waals surface area contributed by atoms with Crippen LogP contribution < -0.4 is 25.4 Å². The Morgan fingerprint density at radius 1 is 0.814 bits per heavy atom. The van der Waals surface area contributed by atoms with Crippen molar-refractivity contribution in [2.75, 3.05) is 24.9 Å². The quantitative estimate of drug-likeness (QED) is 0.134. The molecule has 220 valence electrons. The number of para-hydroxylation sites is 1. The molecule has 0 fully saturated rings. The number of anilines is 2. The summed E-state index contributed by atoms with van der Waals surface area (Å²) in [6, 6.07) is 28.6. The highest BCUT2D eigenvalue weighted by molar-refractivity contribution is 8.00. The summed E-state index contributed by atoms with van der Waals surface area (Å²) >= 11 is 1.37. The van der Waals surface area contributed by atoms with Crippen LogP contribution in [0.15, 0.2) is 108 Å². The van der Waals surface area contributed by atoms with Crippen LogP contribution >= 0.6 is 11.8 Å². The minimum absolute atomic E-state index is 0.0151. The van der Waals surface area contributed by atoms with Crippen molar-refractivity contribution in [1.82, 2.24) is 5.32 Å². The SMILES string of the molecule is COc1ccc(/C=C(/NC(=O)c2ccccc2)C(=O)Nc2cccc(SC(C)C(=O)Nc3ccccc3C)c2)c(OC)c1. The smallest absolute Gasteiger partial charge is 0.272 e. The molecule has 0 aliphatic heterocycles. The summed E-state index contributed by atoms with van der Waals surface area (Å²) in [5.74, 6) is -0.0441. The molecular weight excluding hydrogens is 562 g/mol. The summed E-state index contributed by atoms with van der Waals surface area (Å²) in [5.41, 5.74) is 3.24. The predicted molar refractivity (Wildman–Crippen MR) is 172 cm³/mol. The summed E-state index contributed by atoms with van der Waals surface area (Å²) in [6.07, 6.45) is 1.55. The number of methoxy groups -OCH3 is 2. The Morgan fingerprint density at radius 3 is 2.28 bits per heavy atom. The number of hydrogen-bond donors (Lipinski definition) is 3. The maximum Gasteiger partial charge on any atom is 0.272 e. The Labute approximate surface area is 255 Å². The molecule has 43 heavy (non-hydrogen) atoms. The molecule has 9 heteroatoms. The van der Waals surface area contributed by atoms with Crippen LogP contribution in [0, 0.1) is 6.92 Å². The summed E-state index contributed by atoms with van der Waals surface area (Å²) in [7, 11) is 3.06. The number of amides is 3. The molecule has 4 aromatic rings. The van der Waals surface area contributed by atoms with Crippen LogP contribution in [0.5, 0.6) is 11.5 Å². The predicted octanol–water partition coefficient (Wildman–Crippen LogP) is 6.54. The van der Waals surface area contributed by atoms with Gasteiger partial charge < -0.3 is 25.4 Å². The molecule has 0 radical (unpaired) electrons. The van der Waals surface area contributed by atoms with Crippen LogP contribution in [0.25, 0.3) is 6.08 Å². The van der Waals surface area contributed by atoms with Crippen molar-refractivity contribution in [3.63, 3.8) is 0 Å². The molecule has 0 aliphatic rings. The minimum atomic E-state index is -0.533. The molecule has 4 aromatic carbocycles. The first-order chi connectivity index (χ1) is 20.8. The number of rotatable bonds is 11. The summed E-state index contributed by atoms with van der Waals surface area (Å²) in [4.78, 5) is 40.2. The van der Waals surface area contributed by atoms with Gasteiger partial charge in [-0.05, 0) is 74.0 Å².